The highest BCUT2D eigenvalue weighted by Crippen LogP contribution is 2.26. The molecule has 1 aliphatic rings. The molecule has 0 spiro atoms. The van der Waals surface area contributed by atoms with E-state index < -0.39 is 5.97 Å². The number of carboxylic acids is 1. The molecule has 0 aromatic heterocycles. The summed E-state index contributed by atoms with van der Waals surface area (Å²) in [6.07, 6.45) is 21.6. The maximum absolute atomic E-state index is 10.6. The smallest absolute Gasteiger partial charge is 0.303 e. The predicted molar refractivity (Wildman–Crippen MR) is 84.6 cm³/mol. The van der Waals surface area contributed by atoms with E-state index in [4.69, 9.17) is 5.11 Å². The third-order valence-electron chi connectivity index (χ3n) is 3.77. The van der Waals surface area contributed by atoms with Crippen LogP contribution in [-0.2, 0) is 4.79 Å². The fourth-order valence-corrected chi connectivity index (χ4v) is 2.59. The number of rotatable bonds is 9. The third kappa shape index (κ3) is 7.32. The maximum atomic E-state index is 10.6. The van der Waals surface area contributed by atoms with Gasteiger partial charge in [0, 0.05) is 12.3 Å². The van der Waals surface area contributed by atoms with Gasteiger partial charge in [0.05, 0.1) is 0 Å². The van der Waals surface area contributed by atoms with E-state index in [0.717, 1.165) is 25.7 Å². The van der Waals surface area contributed by atoms with Gasteiger partial charge in [0.1, 0.15) is 0 Å². The minimum absolute atomic E-state index is 0.279. The first kappa shape index (κ1) is 16.7. The Morgan fingerprint density at radius 2 is 2.05 bits per heavy atom. The van der Waals surface area contributed by atoms with Gasteiger partial charge in [-0.2, -0.15) is 0 Å². The number of aliphatic carboxylic acids is 1. The second kappa shape index (κ2) is 10.5. The van der Waals surface area contributed by atoms with Crippen molar-refractivity contribution in [1.82, 2.24) is 0 Å². The zero-order valence-corrected chi connectivity index (χ0v) is 12.6. The van der Waals surface area contributed by atoms with Gasteiger partial charge in [-0.3, -0.25) is 4.79 Å². The molecule has 0 heterocycles. The van der Waals surface area contributed by atoms with Crippen LogP contribution in [0.2, 0.25) is 0 Å². The van der Waals surface area contributed by atoms with Gasteiger partial charge in [0.15, 0.2) is 0 Å². The lowest BCUT2D eigenvalue weighted by molar-refractivity contribution is -0.137. The van der Waals surface area contributed by atoms with Crippen molar-refractivity contribution < 1.29 is 9.90 Å². The number of allylic oxidation sites excluding steroid dienone is 6. The molecule has 0 bridgehead atoms. The largest absolute Gasteiger partial charge is 0.481 e. The molecule has 1 rings (SSSR count). The highest BCUT2D eigenvalue weighted by atomic mass is 16.4. The molecule has 2 atom stereocenters. The number of unbranched alkanes of at least 4 members (excludes halogenated alkanes) is 3. The molecule has 0 aromatic carbocycles. The van der Waals surface area contributed by atoms with E-state index in [1.54, 1.807) is 0 Å². The van der Waals surface area contributed by atoms with Crippen molar-refractivity contribution >= 4 is 5.97 Å². The van der Waals surface area contributed by atoms with Gasteiger partial charge in [-0.25, -0.2) is 0 Å². The molecule has 112 valence electrons. The summed E-state index contributed by atoms with van der Waals surface area (Å²) in [5, 5.41) is 8.74. The lowest BCUT2D eigenvalue weighted by Crippen LogP contribution is -2.08. The summed E-state index contributed by atoms with van der Waals surface area (Å²) in [4.78, 5) is 10.6. The number of carbonyl (C=O) groups is 1. The Morgan fingerprint density at radius 3 is 2.80 bits per heavy atom. The Morgan fingerprint density at radius 1 is 1.25 bits per heavy atom. The zero-order chi connectivity index (χ0) is 14.6. The lowest BCUT2D eigenvalue weighted by Gasteiger charge is -2.17. The lowest BCUT2D eigenvalue weighted by atomic mass is 9.87. The first-order chi connectivity index (χ1) is 9.74. The van der Waals surface area contributed by atoms with E-state index in [9.17, 15) is 4.79 Å². The Kier molecular flexibility index (Phi) is 8.77. The summed E-state index contributed by atoms with van der Waals surface area (Å²) < 4.78 is 0. The summed E-state index contributed by atoms with van der Waals surface area (Å²) in [5.74, 6) is 0.199. The normalized spacial score (nSPS) is 22.2. The van der Waals surface area contributed by atoms with Crippen molar-refractivity contribution in [3.8, 4) is 0 Å². The quantitative estimate of drug-likeness (QED) is 0.468. The molecule has 0 fully saturated rings. The molecule has 0 saturated heterocycles. The third-order valence-corrected chi connectivity index (χ3v) is 3.77. The van der Waals surface area contributed by atoms with Crippen LogP contribution in [0, 0.1) is 11.8 Å². The van der Waals surface area contributed by atoms with Gasteiger partial charge in [-0.1, -0.05) is 56.2 Å². The standard InChI is InChI=1S/C18H28O2/c1-2-3-4-5-7-11-16-12-8-6-9-13-17(16)14-10-15-18(19)20/h7-9,11-13,16-17H,2-6,10,14-15H2,1H3,(H,19,20). The van der Waals surface area contributed by atoms with E-state index >= 15 is 0 Å². The summed E-state index contributed by atoms with van der Waals surface area (Å²) in [7, 11) is 0. The summed E-state index contributed by atoms with van der Waals surface area (Å²) in [6, 6.07) is 0. The first-order valence-corrected chi connectivity index (χ1v) is 7.95. The van der Waals surface area contributed by atoms with E-state index in [2.05, 4.69) is 43.4 Å². The molecule has 2 unspecified atom stereocenters. The van der Waals surface area contributed by atoms with Crippen LogP contribution in [0.5, 0.6) is 0 Å². The fourth-order valence-electron chi connectivity index (χ4n) is 2.59. The minimum Gasteiger partial charge on any atom is -0.481 e. The number of hydrogen-bond acceptors (Lipinski definition) is 1. The van der Waals surface area contributed by atoms with E-state index in [1.165, 1.54) is 19.3 Å². The second-order valence-electron chi connectivity index (χ2n) is 5.54. The summed E-state index contributed by atoms with van der Waals surface area (Å²) in [5.41, 5.74) is 0. The van der Waals surface area contributed by atoms with Crippen LogP contribution < -0.4 is 0 Å². The van der Waals surface area contributed by atoms with Crippen molar-refractivity contribution in [2.24, 2.45) is 11.8 Å². The molecule has 1 N–H and O–H groups in total. The molecule has 0 saturated carbocycles. The molecular weight excluding hydrogens is 248 g/mol. The number of hydrogen-bond donors (Lipinski definition) is 1. The molecule has 0 aromatic rings. The van der Waals surface area contributed by atoms with Crippen LogP contribution in [0.25, 0.3) is 0 Å². The van der Waals surface area contributed by atoms with Gasteiger partial charge in [0.2, 0.25) is 0 Å². The Balaban J connectivity index is 2.45. The van der Waals surface area contributed by atoms with Crippen molar-refractivity contribution in [3.05, 3.63) is 36.5 Å². The van der Waals surface area contributed by atoms with E-state index in [1.807, 2.05) is 0 Å². The summed E-state index contributed by atoms with van der Waals surface area (Å²) >= 11 is 0. The topological polar surface area (TPSA) is 37.3 Å². The average molecular weight is 276 g/mol. The van der Waals surface area contributed by atoms with Crippen molar-refractivity contribution in [2.45, 2.75) is 58.3 Å². The molecule has 2 nitrogen and oxygen atoms in total. The van der Waals surface area contributed by atoms with Crippen molar-refractivity contribution in [3.63, 3.8) is 0 Å². The summed E-state index contributed by atoms with van der Waals surface area (Å²) in [6.45, 7) is 2.22. The van der Waals surface area contributed by atoms with Gasteiger partial charge < -0.3 is 5.11 Å². The van der Waals surface area contributed by atoms with Crippen LogP contribution in [0.3, 0.4) is 0 Å². The highest BCUT2D eigenvalue weighted by Gasteiger charge is 2.15. The fraction of sp³-hybridized carbons (Fsp3) is 0.611. The molecule has 0 aliphatic heterocycles. The van der Waals surface area contributed by atoms with Gasteiger partial charge in [0.25, 0.3) is 0 Å². The Labute approximate surface area is 123 Å². The monoisotopic (exact) mass is 276 g/mol. The molecule has 0 amide bonds. The molecule has 1 aliphatic carbocycles. The van der Waals surface area contributed by atoms with E-state index in [0.29, 0.717) is 11.8 Å². The maximum Gasteiger partial charge on any atom is 0.303 e. The Hall–Kier alpha value is -1.31. The number of carboxylic acid groups (broad SMARTS) is 1. The van der Waals surface area contributed by atoms with Crippen LogP contribution in [0.4, 0.5) is 0 Å². The van der Waals surface area contributed by atoms with Gasteiger partial charge >= 0.3 is 5.97 Å². The van der Waals surface area contributed by atoms with Crippen LogP contribution in [0.1, 0.15) is 58.3 Å². The highest BCUT2D eigenvalue weighted by molar-refractivity contribution is 5.66. The minimum atomic E-state index is -0.690. The predicted octanol–water partition coefficient (Wildman–Crippen LogP) is 5.13. The Bertz CT molecular complexity index is 352. The second-order valence-corrected chi connectivity index (χ2v) is 5.54. The van der Waals surface area contributed by atoms with E-state index in [-0.39, 0.29) is 6.42 Å². The van der Waals surface area contributed by atoms with Crippen LogP contribution >= 0.6 is 0 Å². The zero-order valence-electron chi connectivity index (χ0n) is 12.6. The molecule has 20 heavy (non-hydrogen) atoms. The molecule has 2 heteroatoms. The van der Waals surface area contributed by atoms with Gasteiger partial charge in [-0.15, -0.1) is 0 Å². The van der Waals surface area contributed by atoms with Gasteiger partial charge in [-0.05, 0) is 38.0 Å². The van der Waals surface area contributed by atoms with Crippen LogP contribution in [-0.4, -0.2) is 11.1 Å². The molecule has 0 radical (unpaired) electrons. The van der Waals surface area contributed by atoms with Crippen molar-refractivity contribution in [2.75, 3.05) is 0 Å². The first-order valence-electron chi connectivity index (χ1n) is 7.95. The van der Waals surface area contributed by atoms with Crippen molar-refractivity contribution in [1.29, 1.82) is 0 Å². The van der Waals surface area contributed by atoms with Crippen LogP contribution in [0.15, 0.2) is 36.5 Å². The SMILES string of the molecule is CCCCCC=CC1C=CCC=CC1CCCC(=O)O. The molecular formula is C18H28O2. The average Bonchev–Trinajstić information content (AvgIpc) is 2.64.